The van der Waals surface area contributed by atoms with Crippen molar-refractivity contribution in [3.05, 3.63) is 34.1 Å². The van der Waals surface area contributed by atoms with Crippen molar-refractivity contribution in [1.29, 1.82) is 0 Å². The Kier molecular flexibility index (Phi) is 3.52. The molecule has 1 saturated heterocycles. The fourth-order valence-electron chi connectivity index (χ4n) is 2.40. The average molecular weight is 300 g/mol. The minimum atomic E-state index is -0.462. The molecule has 2 rings (SSSR count). The maximum absolute atomic E-state index is 13.7. The Morgan fingerprint density at radius 2 is 2.18 bits per heavy atom. The normalized spacial score (nSPS) is 24.1. The van der Waals surface area contributed by atoms with E-state index in [1.807, 2.05) is 6.92 Å². The van der Waals surface area contributed by atoms with Crippen LogP contribution in [0.1, 0.15) is 30.6 Å². The monoisotopic (exact) mass is 299 g/mol. The van der Waals surface area contributed by atoms with Gasteiger partial charge in [0.25, 0.3) is 5.91 Å². The van der Waals surface area contributed by atoms with Crippen LogP contribution < -0.4 is 0 Å². The highest BCUT2D eigenvalue weighted by atomic mass is 79.9. The summed E-state index contributed by atoms with van der Waals surface area (Å²) in [6.07, 6.45) is 0.990. The van der Waals surface area contributed by atoms with Crippen LogP contribution in [0.2, 0.25) is 0 Å². The maximum atomic E-state index is 13.7. The first-order valence-electron chi connectivity index (χ1n) is 5.75. The van der Waals surface area contributed by atoms with E-state index in [0.29, 0.717) is 10.4 Å². The Morgan fingerprint density at radius 3 is 2.71 bits per heavy atom. The molecule has 2 nitrogen and oxygen atoms in total. The number of amides is 1. The van der Waals surface area contributed by atoms with E-state index in [-0.39, 0.29) is 17.5 Å². The first-order valence-corrected chi connectivity index (χ1v) is 6.54. The van der Waals surface area contributed by atoms with E-state index in [9.17, 15) is 9.18 Å². The number of hydrogen-bond donors (Lipinski definition) is 0. The molecule has 0 saturated carbocycles. The summed E-state index contributed by atoms with van der Waals surface area (Å²) in [5, 5.41) is 0. The summed E-state index contributed by atoms with van der Waals surface area (Å²) in [5.41, 5.74) is 0.161. The van der Waals surface area contributed by atoms with Crippen molar-refractivity contribution in [1.82, 2.24) is 4.90 Å². The number of rotatable bonds is 1. The second kappa shape index (κ2) is 4.77. The number of halogens is 2. The molecule has 4 heteroatoms. The largest absolute Gasteiger partial charge is 0.336 e. The molecule has 2 atom stereocenters. The SMILES string of the molecule is CC1CC(C)N(C(=O)c2ccc(Br)cc2F)C1. The number of carbonyl (C=O) groups excluding carboxylic acids is 1. The van der Waals surface area contributed by atoms with Gasteiger partial charge in [-0.05, 0) is 37.5 Å². The summed E-state index contributed by atoms with van der Waals surface area (Å²) in [6, 6.07) is 4.76. The first-order chi connectivity index (χ1) is 7.99. The van der Waals surface area contributed by atoms with Crippen molar-refractivity contribution in [3.63, 3.8) is 0 Å². The molecule has 0 radical (unpaired) electrons. The number of carbonyl (C=O) groups is 1. The second-order valence-corrected chi connectivity index (χ2v) is 5.69. The molecule has 17 heavy (non-hydrogen) atoms. The molecule has 1 amide bonds. The zero-order chi connectivity index (χ0) is 12.6. The van der Waals surface area contributed by atoms with Gasteiger partial charge in [-0.1, -0.05) is 22.9 Å². The van der Waals surface area contributed by atoms with Crippen molar-refractivity contribution < 1.29 is 9.18 Å². The van der Waals surface area contributed by atoms with Crippen LogP contribution in [-0.2, 0) is 0 Å². The van der Waals surface area contributed by atoms with Crippen molar-refractivity contribution in [2.45, 2.75) is 26.3 Å². The molecular weight excluding hydrogens is 285 g/mol. The van der Waals surface area contributed by atoms with Gasteiger partial charge in [0.15, 0.2) is 0 Å². The lowest BCUT2D eigenvalue weighted by atomic mass is 10.1. The van der Waals surface area contributed by atoms with Gasteiger partial charge in [0.05, 0.1) is 5.56 Å². The third-order valence-electron chi connectivity index (χ3n) is 3.21. The molecule has 1 heterocycles. The third-order valence-corrected chi connectivity index (χ3v) is 3.70. The minimum Gasteiger partial charge on any atom is -0.336 e. The van der Waals surface area contributed by atoms with Crippen molar-refractivity contribution >= 4 is 21.8 Å². The highest BCUT2D eigenvalue weighted by molar-refractivity contribution is 9.10. The second-order valence-electron chi connectivity index (χ2n) is 4.77. The Labute approximate surface area is 109 Å². The highest BCUT2D eigenvalue weighted by Crippen LogP contribution is 2.25. The van der Waals surface area contributed by atoms with Crippen LogP contribution in [0, 0.1) is 11.7 Å². The highest BCUT2D eigenvalue weighted by Gasteiger charge is 2.31. The Hall–Kier alpha value is -0.900. The van der Waals surface area contributed by atoms with Gasteiger partial charge in [0.1, 0.15) is 5.82 Å². The van der Waals surface area contributed by atoms with Crippen LogP contribution in [0.4, 0.5) is 4.39 Å². The van der Waals surface area contributed by atoms with Crippen LogP contribution >= 0.6 is 15.9 Å². The molecule has 0 bridgehead atoms. The molecule has 0 N–H and O–H groups in total. The lowest BCUT2D eigenvalue weighted by Crippen LogP contribution is -2.34. The molecule has 1 fully saturated rings. The number of nitrogens with zero attached hydrogens (tertiary/aromatic N) is 1. The Balaban J connectivity index is 2.25. The van der Waals surface area contributed by atoms with Gasteiger partial charge in [-0.2, -0.15) is 0 Å². The molecule has 1 aromatic carbocycles. The lowest BCUT2D eigenvalue weighted by molar-refractivity contribution is 0.0739. The van der Waals surface area contributed by atoms with Gasteiger partial charge in [0.2, 0.25) is 0 Å². The number of hydrogen-bond acceptors (Lipinski definition) is 1. The molecular formula is C13H15BrFNO. The smallest absolute Gasteiger partial charge is 0.257 e. The summed E-state index contributed by atoms with van der Waals surface area (Å²) in [4.78, 5) is 14.0. The van der Waals surface area contributed by atoms with Crippen LogP contribution in [0.15, 0.2) is 22.7 Å². The third kappa shape index (κ3) is 2.51. The van der Waals surface area contributed by atoms with Crippen LogP contribution in [0.25, 0.3) is 0 Å². The van der Waals surface area contributed by atoms with Gasteiger partial charge < -0.3 is 4.90 Å². The zero-order valence-electron chi connectivity index (χ0n) is 9.91. The molecule has 0 aliphatic carbocycles. The van der Waals surface area contributed by atoms with Crippen LogP contribution in [0.5, 0.6) is 0 Å². The van der Waals surface area contributed by atoms with E-state index in [0.717, 1.165) is 13.0 Å². The molecule has 2 unspecified atom stereocenters. The fraction of sp³-hybridized carbons (Fsp3) is 0.462. The van der Waals surface area contributed by atoms with Gasteiger partial charge in [-0.3, -0.25) is 4.79 Å². The van der Waals surface area contributed by atoms with Crippen molar-refractivity contribution in [3.8, 4) is 0 Å². The van der Waals surface area contributed by atoms with E-state index in [1.54, 1.807) is 11.0 Å². The topological polar surface area (TPSA) is 20.3 Å². The molecule has 0 spiro atoms. The number of benzene rings is 1. The molecule has 1 aliphatic heterocycles. The Bertz CT molecular complexity index is 449. The molecule has 1 aliphatic rings. The summed E-state index contributed by atoms with van der Waals surface area (Å²) in [5.74, 6) is -0.171. The predicted molar refractivity (Wildman–Crippen MR) is 68.4 cm³/mol. The summed E-state index contributed by atoms with van der Waals surface area (Å²) < 4.78 is 14.3. The Morgan fingerprint density at radius 1 is 1.47 bits per heavy atom. The molecule has 0 aromatic heterocycles. The zero-order valence-corrected chi connectivity index (χ0v) is 11.5. The van der Waals surface area contributed by atoms with Crippen LogP contribution in [-0.4, -0.2) is 23.4 Å². The standard InChI is InChI=1S/C13H15BrFNO/c1-8-5-9(2)16(7-8)13(17)11-4-3-10(14)6-12(11)15/h3-4,6,8-9H,5,7H2,1-2H3. The minimum absolute atomic E-state index is 0.161. The predicted octanol–water partition coefficient (Wildman–Crippen LogP) is 3.46. The van der Waals surface area contributed by atoms with E-state index < -0.39 is 5.82 Å². The summed E-state index contributed by atoms with van der Waals surface area (Å²) in [6.45, 7) is 4.84. The van der Waals surface area contributed by atoms with Gasteiger partial charge >= 0.3 is 0 Å². The maximum Gasteiger partial charge on any atom is 0.257 e. The van der Waals surface area contributed by atoms with E-state index in [1.165, 1.54) is 12.1 Å². The fourth-order valence-corrected chi connectivity index (χ4v) is 2.73. The van der Waals surface area contributed by atoms with Gasteiger partial charge in [-0.15, -0.1) is 0 Å². The van der Waals surface area contributed by atoms with Gasteiger partial charge in [-0.25, -0.2) is 4.39 Å². The molecule has 1 aromatic rings. The summed E-state index contributed by atoms with van der Waals surface area (Å²) in [7, 11) is 0. The van der Waals surface area contributed by atoms with Crippen LogP contribution in [0.3, 0.4) is 0 Å². The first kappa shape index (κ1) is 12.6. The van der Waals surface area contributed by atoms with E-state index in [2.05, 4.69) is 22.9 Å². The van der Waals surface area contributed by atoms with Crippen molar-refractivity contribution in [2.24, 2.45) is 5.92 Å². The average Bonchev–Trinajstić information content (AvgIpc) is 2.57. The van der Waals surface area contributed by atoms with E-state index in [4.69, 9.17) is 0 Å². The molecule has 92 valence electrons. The number of likely N-dealkylation sites (tertiary alicyclic amines) is 1. The quantitative estimate of drug-likeness (QED) is 0.778. The van der Waals surface area contributed by atoms with E-state index >= 15 is 0 Å². The lowest BCUT2D eigenvalue weighted by Gasteiger charge is -2.21. The van der Waals surface area contributed by atoms with Crippen molar-refractivity contribution in [2.75, 3.05) is 6.54 Å². The summed E-state index contributed by atoms with van der Waals surface area (Å²) >= 11 is 3.19. The van der Waals surface area contributed by atoms with Gasteiger partial charge in [0, 0.05) is 17.1 Å².